The van der Waals surface area contributed by atoms with Crippen molar-refractivity contribution in [2.75, 3.05) is 35.6 Å². The zero-order chi connectivity index (χ0) is 20.7. The Morgan fingerprint density at radius 1 is 1.07 bits per heavy atom. The van der Waals surface area contributed by atoms with Gasteiger partial charge in [0.1, 0.15) is 11.9 Å². The molecule has 0 aliphatic heterocycles. The van der Waals surface area contributed by atoms with Gasteiger partial charge in [0, 0.05) is 25.8 Å². The largest absolute Gasteiger partial charge is 0.375 e. The Hall–Kier alpha value is -2.61. The summed E-state index contributed by atoms with van der Waals surface area (Å²) in [6.07, 6.45) is 1.73. The van der Waals surface area contributed by atoms with Crippen molar-refractivity contribution < 1.29 is 17.6 Å². The summed E-state index contributed by atoms with van der Waals surface area (Å²) < 4.78 is 38.5. The van der Waals surface area contributed by atoms with Crippen molar-refractivity contribution in [3.05, 3.63) is 60.4 Å². The number of sulfonamides is 1. The van der Waals surface area contributed by atoms with Crippen LogP contribution >= 0.6 is 0 Å². The van der Waals surface area contributed by atoms with E-state index in [1.54, 1.807) is 0 Å². The van der Waals surface area contributed by atoms with E-state index in [-0.39, 0.29) is 5.69 Å². The number of rotatable bonds is 9. The second-order valence-corrected chi connectivity index (χ2v) is 8.47. The number of anilines is 2. The second kappa shape index (κ2) is 9.54. The van der Waals surface area contributed by atoms with Gasteiger partial charge in [0.05, 0.1) is 11.9 Å². The SMILES string of the molecule is C[C@@H](C(=O)NCCCN(C)c1ccccc1)N(c1ccc(F)cc1)S(C)(=O)=O. The first kappa shape index (κ1) is 21.7. The summed E-state index contributed by atoms with van der Waals surface area (Å²) in [5.74, 6) is -0.881. The number of hydrogen-bond acceptors (Lipinski definition) is 4. The molecule has 2 aromatic rings. The van der Waals surface area contributed by atoms with E-state index in [0.29, 0.717) is 13.0 Å². The molecule has 28 heavy (non-hydrogen) atoms. The zero-order valence-electron chi connectivity index (χ0n) is 16.3. The maximum Gasteiger partial charge on any atom is 0.243 e. The Bertz CT molecular complexity index is 873. The number of benzene rings is 2. The molecule has 1 N–H and O–H groups in total. The molecule has 0 aromatic heterocycles. The van der Waals surface area contributed by atoms with Crippen LogP contribution in [0.3, 0.4) is 0 Å². The number of nitrogens with one attached hydrogen (secondary N) is 1. The fraction of sp³-hybridized carbons (Fsp3) is 0.350. The van der Waals surface area contributed by atoms with E-state index in [9.17, 15) is 17.6 Å². The van der Waals surface area contributed by atoms with Gasteiger partial charge in [0.2, 0.25) is 15.9 Å². The minimum Gasteiger partial charge on any atom is -0.375 e. The molecule has 0 unspecified atom stereocenters. The van der Waals surface area contributed by atoms with Crippen molar-refractivity contribution >= 4 is 27.3 Å². The molecule has 0 heterocycles. The predicted octanol–water partition coefficient (Wildman–Crippen LogP) is 2.62. The van der Waals surface area contributed by atoms with E-state index in [0.717, 1.165) is 34.9 Å². The normalized spacial score (nSPS) is 12.3. The minimum atomic E-state index is -3.71. The molecule has 6 nitrogen and oxygen atoms in total. The fourth-order valence-electron chi connectivity index (χ4n) is 2.88. The lowest BCUT2D eigenvalue weighted by Gasteiger charge is -2.28. The highest BCUT2D eigenvalue weighted by Crippen LogP contribution is 2.21. The molecule has 0 saturated carbocycles. The Morgan fingerprint density at radius 3 is 2.25 bits per heavy atom. The van der Waals surface area contributed by atoms with E-state index < -0.39 is 27.8 Å². The van der Waals surface area contributed by atoms with E-state index in [1.165, 1.54) is 19.1 Å². The maximum atomic E-state index is 13.1. The molecule has 8 heteroatoms. The van der Waals surface area contributed by atoms with Crippen LogP contribution < -0.4 is 14.5 Å². The number of amides is 1. The Morgan fingerprint density at radius 2 is 1.68 bits per heavy atom. The highest BCUT2D eigenvalue weighted by molar-refractivity contribution is 7.92. The number of carbonyl (C=O) groups excluding carboxylic acids is 1. The zero-order valence-corrected chi connectivity index (χ0v) is 17.1. The van der Waals surface area contributed by atoms with Crippen molar-refractivity contribution in [2.24, 2.45) is 0 Å². The first-order valence-corrected chi connectivity index (χ1v) is 10.8. The Kier molecular flexibility index (Phi) is 7.39. The minimum absolute atomic E-state index is 0.246. The maximum absolute atomic E-state index is 13.1. The van der Waals surface area contributed by atoms with Crippen LogP contribution in [0.2, 0.25) is 0 Å². The summed E-state index contributed by atoms with van der Waals surface area (Å²) in [6, 6.07) is 14.0. The van der Waals surface area contributed by atoms with Crippen molar-refractivity contribution in [3.63, 3.8) is 0 Å². The third-order valence-electron chi connectivity index (χ3n) is 4.34. The van der Waals surface area contributed by atoms with Crippen LogP contribution in [0.4, 0.5) is 15.8 Å². The van der Waals surface area contributed by atoms with Gasteiger partial charge in [0.15, 0.2) is 0 Å². The lowest BCUT2D eigenvalue weighted by Crippen LogP contribution is -2.48. The second-order valence-electron chi connectivity index (χ2n) is 6.61. The van der Waals surface area contributed by atoms with Gasteiger partial charge in [-0.05, 0) is 49.7 Å². The summed E-state index contributed by atoms with van der Waals surface area (Å²) >= 11 is 0. The summed E-state index contributed by atoms with van der Waals surface area (Å²) in [4.78, 5) is 14.6. The number of carbonyl (C=O) groups is 1. The van der Waals surface area contributed by atoms with Crippen molar-refractivity contribution in [1.29, 1.82) is 0 Å². The number of halogens is 1. The Balaban J connectivity index is 1.93. The average molecular weight is 408 g/mol. The standard InChI is InChI=1S/C20H26FN3O3S/c1-16(24(28(3,26)27)19-12-10-17(21)11-13-19)20(25)22-14-7-15-23(2)18-8-5-4-6-9-18/h4-6,8-13,16H,7,14-15H2,1-3H3,(H,22,25)/t16-/m0/s1. The van der Waals surface area contributed by atoms with Crippen LogP contribution in [0, 0.1) is 5.82 Å². The van der Waals surface area contributed by atoms with Crippen molar-refractivity contribution in [1.82, 2.24) is 5.32 Å². The van der Waals surface area contributed by atoms with Crippen LogP contribution in [-0.2, 0) is 14.8 Å². The lowest BCUT2D eigenvalue weighted by atomic mass is 10.2. The molecule has 1 atom stereocenters. The monoisotopic (exact) mass is 407 g/mol. The molecular weight excluding hydrogens is 381 g/mol. The van der Waals surface area contributed by atoms with Gasteiger partial charge in [-0.15, -0.1) is 0 Å². The molecule has 152 valence electrons. The molecule has 2 aromatic carbocycles. The third-order valence-corrected chi connectivity index (χ3v) is 5.58. The van der Waals surface area contributed by atoms with Crippen LogP contribution in [0.5, 0.6) is 0 Å². The van der Waals surface area contributed by atoms with E-state index in [2.05, 4.69) is 10.2 Å². The van der Waals surface area contributed by atoms with Gasteiger partial charge in [0.25, 0.3) is 0 Å². The molecule has 0 saturated heterocycles. The third kappa shape index (κ3) is 5.95. The summed E-state index contributed by atoms with van der Waals surface area (Å²) in [5.41, 5.74) is 1.33. The van der Waals surface area contributed by atoms with Crippen molar-refractivity contribution in [2.45, 2.75) is 19.4 Å². The number of hydrogen-bond donors (Lipinski definition) is 1. The van der Waals surface area contributed by atoms with Crippen LogP contribution in [0.1, 0.15) is 13.3 Å². The molecule has 0 fully saturated rings. The van der Waals surface area contributed by atoms with E-state index in [4.69, 9.17) is 0 Å². The van der Waals surface area contributed by atoms with Gasteiger partial charge in [-0.1, -0.05) is 18.2 Å². The smallest absolute Gasteiger partial charge is 0.243 e. The average Bonchev–Trinajstić information content (AvgIpc) is 2.66. The molecular formula is C20H26FN3O3S. The number of para-hydroxylation sites is 1. The van der Waals surface area contributed by atoms with Gasteiger partial charge < -0.3 is 10.2 Å². The number of nitrogens with zero attached hydrogens (tertiary/aromatic N) is 2. The van der Waals surface area contributed by atoms with Gasteiger partial charge in [-0.2, -0.15) is 0 Å². The molecule has 0 aliphatic carbocycles. The summed E-state index contributed by atoms with van der Waals surface area (Å²) in [7, 11) is -1.74. The van der Waals surface area contributed by atoms with Gasteiger partial charge in [-0.3, -0.25) is 9.10 Å². The summed E-state index contributed by atoms with van der Waals surface area (Å²) in [6.45, 7) is 2.67. The molecule has 0 spiro atoms. The summed E-state index contributed by atoms with van der Waals surface area (Å²) in [5, 5.41) is 2.78. The highest BCUT2D eigenvalue weighted by Gasteiger charge is 2.28. The quantitative estimate of drug-likeness (QED) is 0.649. The van der Waals surface area contributed by atoms with Gasteiger partial charge >= 0.3 is 0 Å². The van der Waals surface area contributed by atoms with Crippen LogP contribution in [-0.4, -0.2) is 46.8 Å². The highest BCUT2D eigenvalue weighted by atomic mass is 32.2. The van der Waals surface area contributed by atoms with Gasteiger partial charge in [-0.25, -0.2) is 12.8 Å². The van der Waals surface area contributed by atoms with E-state index >= 15 is 0 Å². The Labute approximate surface area is 166 Å². The first-order valence-electron chi connectivity index (χ1n) is 8.99. The molecule has 0 bridgehead atoms. The van der Waals surface area contributed by atoms with E-state index in [1.807, 2.05) is 37.4 Å². The molecule has 2 rings (SSSR count). The first-order chi connectivity index (χ1) is 13.2. The molecule has 0 aliphatic rings. The molecule has 0 radical (unpaired) electrons. The van der Waals surface area contributed by atoms with Crippen LogP contribution in [0.25, 0.3) is 0 Å². The lowest BCUT2D eigenvalue weighted by molar-refractivity contribution is -0.121. The fourth-order valence-corrected chi connectivity index (χ4v) is 4.06. The molecule has 1 amide bonds. The topological polar surface area (TPSA) is 69.7 Å². The van der Waals surface area contributed by atoms with Crippen molar-refractivity contribution in [3.8, 4) is 0 Å². The predicted molar refractivity (Wildman–Crippen MR) is 111 cm³/mol. The van der Waals surface area contributed by atoms with Crippen LogP contribution in [0.15, 0.2) is 54.6 Å².